The minimum Gasteiger partial charge on any atom is -0.346 e. The van der Waals surface area contributed by atoms with E-state index in [1.165, 1.54) is 12.8 Å². The summed E-state index contributed by atoms with van der Waals surface area (Å²) in [6, 6.07) is 0.797. The van der Waals surface area contributed by atoms with Crippen molar-refractivity contribution in [3.8, 4) is 0 Å². The van der Waals surface area contributed by atoms with Crippen LogP contribution >= 0.6 is 0 Å². The second-order valence-electron chi connectivity index (χ2n) is 5.36. The number of anilines is 1. The number of aromatic amines is 2. The number of piperidine rings is 1. The van der Waals surface area contributed by atoms with Crippen molar-refractivity contribution in [1.29, 1.82) is 0 Å². The molecule has 19 heavy (non-hydrogen) atoms. The van der Waals surface area contributed by atoms with Crippen LogP contribution in [0.2, 0.25) is 0 Å². The first-order chi connectivity index (χ1) is 9.24. The molecule has 2 heterocycles. The SMILES string of the molecule is O=c1[nH]nc(N(CC2CCCCN2)C2CC2)c(=O)[nH]1. The van der Waals surface area contributed by atoms with Crippen molar-refractivity contribution >= 4 is 5.82 Å². The van der Waals surface area contributed by atoms with Gasteiger partial charge in [-0.05, 0) is 32.2 Å². The van der Waals surface area contributed by atoms with E-state index in [4.69, 9.17) is 0 Å². The van der Waals surface area contributed by atoms with Gasteiger partial charge in [0.1, 0.15) is 0 Å². The Bertz CT molecular complexity index is 542. The first-order valence-corrected chi connectivity index (χ1v) is 6.93. The number of aromatic nitrogens is 3. The zero-order valence-corrected chi connectivity index (χ0v) is 10.8. The van der Waals surface area contributed by atoms with Gasteiger partial charge >= 0.3 is 5.69 Å². The molecule has 1 unspecified atom stereocenters. The fraction of sp³-hybridized carbons (Fsp3) is 0.750. The Morgan fingerprint density at radius 2 is 2.05 bits per heavy atom. The van der Waals surface area contributed by atoms with Crippen molar-refractivity contribution in [3.05, 3.63) is 20.8 Å². The molecule has 1 aromatic rings. The molecule has 1 aliphatic carbocycles. The number of rotatable bonds is 4. The van der Waals surface area contributed by atoms with Gasteiger partial charge in [-0.3, -0.25) is 9.78 Å². The summed E-state index contributed by atoms with van der Waals surface area (Å²) >= 11 is 0. The van der Waals surface area contributed by atoms with Crippen LogP contribution in [-0.2, 0) is 0 Å². The Hall–Kier alpha value is -1.63. The molecule has 104 valence electrons. The summed E-state index contributed by atoms with van der Waals surface area (Å²) in [7, 11) is 0. The average Bonchev–Trinajstić information content (AvgIpc) is 3.22. The van der Waals surface area contributed by atoms with Crippen LogP contribution in [0.1, 0.15) is 32.1 Å². The zero-order chi connectivity index (χ0) is 13.2. The third kappa shape index (κ3) is 2.86. The molecule has 0 radical (unpaired) electrons. The molecule has 7 nitrogen and oxygen atoms in total. The molecule has 7 heteroatoms. The molecule has 1 atom stereocenters. The Morgan fingerprint density at radius 3 is 2.68 bits per heavy atom. The highest BCUT2D eigenvalue weighted by Gasteiger charge is 2.33. The molecule has 0 aromatic carbocycles. The van der Waals surface area contributed by atoms with Crippen molar-refractivity contribution < 1.29 is 0 Å². The van der Waals surface area contributed by atoms with E-state index in [1.807, 2.05) is 4.90 Å². The molecule has 0 spiro atoms. The lowest BCUT2D eigenvalue weighted by Gasteiger charge is -2.30. The Balaban J connectivity index is 1.80. The summed E-state index contributed by atoms with van der Waals surface area (Å²) in [5.74, 6) is 0.342. The minimum absolute atomic E-state index is 0.342. The Morgan fingerprint density at radius 1 is 1.21 bits per heavy atom. The highest BCUT2D eigenvalue weighted by Crippen LogP contribution is 2.29. The maximum absolute atomic E-state index is 11.9. The maximum Gasteiger partial charge on any atom is 0.342 e. The minimum atomic E-state index is -0.555. The van der Waals surface area contributed by atoms with Gasteiger partial charge in [0, 0.05) is 18.6 Å². The summed E-state index contributed by atoms with van der Waals surface area (Å²) in [6.45, 7) is 1.82. The smallest absolute Gasteiger partial charge is 0.342 e. The van der Waals surface area contributed by atoms with Crippen LogP contribution in [-0.4, -0.2) is 40.4 Å². The van der Waals surface area contributed by atoms with Gasteiger partial charge in [0.2, 0.25) is 5.82 Å². The van der Waals surface area contributed by atoms with Crippen LogP contribution in [0.3, 0.4) is 0 Å². The lowest BCUT2D eigenvalue weighted by Crippen LogP contribution is -2.47. The third-order valence-electron chi connectivity index (χ3n) is 3.78. The van der Waals surface area contributed by atoms with Gasteiger partial charge in [0.15, 0.2) is 0 Å². The van der Waals surface area contributed by atoms with Crippen LogP contribution in [0.15, 0.2) is 9.59 Å². The molecule has 1 saturated heterocycles. The van der Waals surface area contributed by atoms with E-state index >= 15 is 0 Å². The molecule has 2 fully saturated rings. The van der Waals surface area contributed by atoms with Crippen LogP contribution in [0, 0.1) is 0 Å². The van der Waals surface area contributed by atoms with E-state index in [0.717, 1.165) is 32.4 Å². The molecule has 1 aliphatic heterocycles. The predicted molar refractivity (Wildman–Crippen MR) is 71.5 cm³/mol. The van der Waals surface area contributed by atoms with Crippen LogP contribution in [0.4, 0.5) is 5.82 Å². The quantitative estimate of drug-likeness (QED) is 0.687. The summed E-state index contributed by atoms with van der Waals surface area (Å²) in [4.78, 5) is 27.2. The molecule has 3 N–H and O–H groups in total. The molecule has 2 aliphatic rings. The molecule has 1 aromatic heterocycles. The van der Waals surface area contributed by atoms with Gasteiger partial charge in [-0.25, -0.2) is 9.89 Å². The zero-order valence-electron chi connectivity index (χ0n) is 10.8. The first kappa shape index (κ1) is 12.4. The monoisotopic (exact) mass is 265 g/mol. The first-order valence-electron chi connectivity index (χ1n) is 6.93. The topological polar surface area (TPSA) is 93.9 Å². The molecule has 0 bridgehead atoms. The van der Waals surface area contributed by atoms with Crippen molar-refractivity contribution in [2.24, 2.45) is 0 Å². The summed E-state index contributed by atoms with van der Waals surface area (Å²) in [5.41, 5.74) is -0.952. The van der Waals surface area contributed by atoms with Gasteiger partial charge in [-0.1, -0.05) is 6.42 Å². The van der Waals surface area contributed by atoms with Crippen LogP contribution < -0.4 is 21.5 Å². The van der Waals surface area contributed by atoms with Gasteiger partial charge in [0.05, 0.1) is 0 Å². The third-order valence-corrected chi connectivity index (χ3v) is 3.78. The summed E-state index contributed by atoms with van der Waals surface area (Å²) in [6.07, 6.45) is 5.76. The normalized spacial score (nSPS) is 23.3. The Labute approximate surface area is 110 Å². The van der Waals surface area contributed by atoms with E-state index in [0.29, 0.717) is 17.9 Å². The molecular weight excluding hydrogens is 246 g/mol. The van der Waals surface area contributed by atoms with E-state index in [1.54, 1.807) is 0 Å². The van der Waals surface area contributed by atoms with E-state index in [2.05, 4.69) is 20.5 Å². The van der Waals surface area contributed by atoms with Gasteiger partial charge in [0.25, 0.3) is 5.56 Å². The second kappa shape index (κ2) is 5.16. The Kier molecular flexibility index (Phi) is 3.37. The molecule has 1 saturated carbocycles. The van der Waals surface area contributed by atoms with E-state index < -0.39 is 11.2 Å². The summed E-state index contributed by atoms with van der Waals surface area (Å²) in [5, 5.41) is 9.72. The fourth-order valence-electron chi connectivity index (χ4n) is 2.65. The van der Waals surface area contributed by atoms with Gasteiger partial charge in [-0.15, -0.1) is 5.10 Å². The number of hydrogen-bond acceptors (Lipinski definition) is 5. The largest absolute Gasteiger partial charge is 0.346 e. The maximum atomic E-state index is 11.9. The van der Waals surface area contributed by atoms with Crippen molar-refractivity contribution in [3.63, 3.8) is 0 Å². The van der Waals surface area contributed by atoms with E-state index in [9.17, 15) is 9.59 Å². The van der Waals surface area contributed by atoms with Crippen molar-refractivity contribution in [2.45, 2.75) is 44.2 Å². The highest BCUT2D eigenvalue weighted by atomic mass is 16.2. The number of H-pyrrole nitrogens is 2. The van der Waals surface area contributed by atoms with E-state index in [-0.39, 0.29) is 0 Å². The molecule has 0 amide bonds. The lowest BCUT2D eigenvalue weighted by molar-refractivity contribution is 0.397. The number of nitrogens with zero attached hydrogens (tertiary/aromatic N) is 2. The predicted octanol–water partition coefficient (Wildman–Crippen LogP) is -0.431. The fourth-order valence-corrected chi connectivity index (χ4v) is 2.65. The van der Waals surface area contributed by atoms with Gasteiger partial charge < -0.3 is 10.2 Å². The van der Waals surface area contributed by atoms with Crippen molar-refractivity contribution in [1.82, 2.24) is 20.5 Å². The second-order valence-corrected chi connectivity index (χ2v) is 5.36. The van der Waals surface area contributed by atoms with Crippen LogP contribution in [0.25, 0.3) is 0 Å². The lowest BCUT2D eigenvalue weighted by atomic mass is 10.0. The van der Waals surface area contributed by atoms with Gasteiger partial charge in [-0.2, -0.15) is 0 Å². The number of hydrogen-bond donors (Lipinski definition) is 3. The average molecular weight is 265 g/mol. The van der Waals surface area contributed by atoms with Crippen LogP contribution in [0.5, 0.6) is 0 Å². The molecule has 3 rings (SSSR count). The molecular formula is C12H19N5O2. The standard InChI is InChI=1S/C12H19N5O2/c18-11-10(15-16-12(19)14-11)17(9-4-5-9)7-8-3-1-2-6-13-8/h8-9,13H,1-7H2,(H2,14,16,18,19). The number of nitrogens with one attached hydrogen (secondary N) is 3. The highest BCUT2D eigenvalue weighted by molar-refractivity contribution is 5.38. The van der Waals surface area contributed by atoms with Crippen molar-refractivity contribution in [2.75, 3.05) is 18.0 Å². The summed E-state index contributed by atoms with van der Waals surface area (Å²) < 4.78 is 0.